The smallest absolute Gasteiger partial charge is 0.265 e. The average molecular weight is 286 g/mol. The highest BCUT2D eigenvalue weighted by Crippen LogP contribution is 2.31. The van der Waals surface area contributed by atoms with Gasteiger partial charge in [0.25, 0.3) is 0 Å². The first-order valence-electron chi connectivity index (χ1n) is 5.05. The normalized spacial score (nSPS) is 12.4. The Balaban J connectivity index is 2.54. The van der Waals surface area contributed by atoms with E-state index >= 15 is 0 Å². The van der Waals surface area contributed by atoms with Crippen LogP contribution in [0.2, 0.25) is 0 Å². The van der Waals surface area contributed by atoms with Gasteiger partial charge in [0, 0.05) is 12.4 Å². The number of pyridine rings is 1. The molecule has 1 radical (unpaired) electrons. The van der Waals surface area contributed by atoms with Crippen LogP contribution in [0.4, 0.5) is 13.2 Å². The van der Waals surface area contributed by atoms with Crippen molar-refractivity contribution < 1.29 is 21.6 Å². The lowest BCUT2D eigenvalue weighted by molar-refractivity contribution is -0.137. The lowest BCUT2D eigenvalue weighted by Gasteiger charge is -2.09. The number of aromatic nitrogens is 1. The van der Waals surface area contributed by atoms with E-state index in [-0.39, 0.29) is 4.90 Å². The Labute approximate surface area is 107 Å². The van der Waals surface area contributed by atoms with E-state index < -0.39 is 26.5 Å². The minimum Gasteiger partial charge on any atom is -0.265 e. The molecule has 0 atom stereocenters. The van der Waals surface area contributed by atoms with Gasteiger partial charge < -0.3 is 0 Å². The highest BCUT2D eigenvalue weighted by atomic mass is 32.2. The lowest BCUT2D eigenvalue weighted by Crippen LogP contribution is -2.08. The van der Waals surface area contributed by atoms with Crippen LogP contribution in [0.25, 0.3) is 0 Å². The first-order valence-corrected chi connectivity index (χ1v) is 6.53. The average Bonchev–Trinajstić information content (AvgIpc) is 2.39. The van der Waals surface area contributed by atoms with Crippen LogP contribution < -0.4 is 0 Å². The van der Waals surface area contributed by atoms with Crippen LogP contribution in [-0.2, 0) is 16.0 Å². The van der Waals surface area contributed by atoms with E-state index in [2.05, 4.69) is 11.1 Å². The second-order valence-electron chi connectivity index (χ2n) is 3.64. The minimum atomic E-state index is -4.61. The largest absolute Gasteiger partial charge is 0.416 e. The first-order chi connectivity index (χ1) is 8.82. The van der Waals surface area contributed by atoms with Gasteiger partial charge >= 0.3 is 6.18 Å². The van der Waals surface area contributed by atoms with E-state index in [1.54, 1.807) is 0 Å². The monoisotopic (exact) mass is 286 g/mol. The van der Waals surface area contributed by atoms with Gasteiger partial charge in [0.05, 0.1) is 15.4 Å². The first kappa shape index (κ1) is 13.5. The molecule has 19 heavy (non-hydrogen) atoms. The molecule has 0 N–H and O–H groups in total. The Morgan fingerprint density at radius 2 is 1.68 bits per heavy atom. The van der Waals surface area contributed by atoms with E-state index in [1.165, 1.54) is 24.5 Å². The summed E-state index contributed by atoms with van der Waals surface area (Å²) in [5.41, 5.74) is -1.05. The molecule has 0 aliphatic carbocycles. The van der Waals surface area contributed by atoms with E-state index in [0.29, 0.717) is 12.1 Å². The molecule has 1 aromatic carbocycles. The van der Waals surface area contributed by atoms with Crippen molar-refractivity contribution >= 4 is 9.84 Å². The van der Waals surface area contributed by atoms with Crippen molar-refractivity contribution in [3.05, 3.63) is 54.4 Å². The number of nitrogens with zero attached hydrogens (tertiary/aromatic N) is 1. The number of benzene rings is 1. The van der Waals surface area contributed by atoms with Crippen LogP contribution in [0.15, 0.2) is 52.5 Å². The van der Waals surface area contributed by atoms with Gasteiger partial charge in [-0.15, -0.1) is 0 Å². The zero-order chi connectivity index (χ0) is 14.1. The summed E-state index contributed by atoms with van der Waals surface area (Å²) in [5.74, 6) is 0. The molecule has 2 rings (SSSR count). The zero-order valence-electron chi connectivity index (χ0n) is 9.35. The molecule has 0 aliphatic heterocycles. The van der Waals surface area contributed by atoms with Crippen molar-refractivity contribution in [3.63, 3.8) is 0 Å². The Kier molecular flexibility index (Phi) is 3.32. The summed E-state index contributed by atoms with van der Waals surface area (Å²) in [6, 6.07) is 6.93. The number of halogens is 3. The highest BCUT2D eigenvalue weighted by molar-refractivity contribution is 7.91. The maximum absolute atomic E-state index is 12.5. The van der Waals surface area contributed by atoms with Crippen LogP contribution in [0, 0.1) is 6.07 Å². The van der Waals surface area contributed by atoms with Gasteiger partial charge in [-0.1, -0.05) is 0 Å². The fourth-order valence-corrected chi connectivity index (χ4v) is 2.68. The van der Waals surface area contributed by atoms with E-state index in [9.17, 15) is 21.6 Å². The molecule has 3 nitrogen and oxygen atoms in total. The molecule has 0 unspecified atom stereocenters. The predicted molar refractivity (Wildman–Crippen MR) is 60.0 cm³/mol. The minimum absolute atomic E-state index is 0.116. The molecule has 0 fully saturated rings. The topological polar surface area (TPSA) is 47.0 Å². The van der Waals surface area contributed by atoms with E-state index in [0.717, 1.165) is 6.07 Å². The van der Waals surface area contributed by atoms with Gasteiger partial charge in [0.15, 0.2) is 0 Å². The van der Waals surface area contributed by atoms with Gasteiger partial charge in [-0.3, -0.25) is 4.98 Å². The second kappa shape index (κ2) is 4.65. The summed E-state index contributed by atoms with van der Waals surface area (Å²) in [4.78, 5) is 3.09. The summed E-state index contributed by atoms with van der Waals surface area (Å²) in [5, 5.41) is 0. The van der Waals surface area contributed by atoms with Crippen molar-refractivity contribution in [2.45, 2.75) is 16.0 Å². The molecule has 0 saturated heterocycles. The second-order valence-corrected chi connectivity index (χ2v) is 5.59. The van der Waals surface area contributed by atoms with Crippen LogP contribution in [0.5, 0.6) is 0 Å². The molecule has 0 amide bonds. The van der Waals surface area contributed by atoms with Gasteiger partial charge in [0.1, 0.15) is 0 Å². The van der Waals surface area contributed by atoms with Gasteiger partial charge in [-0.2, -0.15) is 13.2 Å². The molecule has 0 saturated carbocycles. The summed E-state index contributed by atoms with van der Waals surface area (Å²) in [7, 11) is -3.99. The molecule has 1 heterocycles. The number of alkyl halides is 3. The third kappa shape index (κ3) is 2.76. The number of hydrogen-bond acceptors (Lipinski definition) is 3. The van der Waals surface area contributed by atoms with Crippen molar-refractivity contribution in [3.8, 4) is 0 Å². The maximum Gasteiger partial charge on any atom is 0.416 e. The molecule has 0 aliphatic rings. The molecule has 7 heteroatoms. The van der Waals surface area contributed by atoms with Crippen molar-refractivity contribution in [1.29, 1.82) is 0 Å². The molecule has 0 spiro atoms. The maximum atomic E-state index is 12.5. The predicted octanol–water partition coefficient (Wildman–Crippen LogP) is 2.73. The fraction of sp³-hybridized carbons (Fsp3) is 0.0833. The highest BCUT2D eigenvalue weighted by Gasteiger charge is 2.32. The molecular formula is C12H7F3NO2S. The Bertz CT molecular complexity index is 682. The number of rotatable bonds is 2. The standard InChI is InChI=1S/C12H7F3NO2S/c13-12(14,15)9-2-1-3-11(8-9)19(17,18)10-4-6-16-7-5-10/h2-8H. The molecule has 2 aromatic rings. The van der Waals surface area contributed by atoms with Gasteiger partial charge in [-0.25, -0.2) is 8.42 Å². The van der Waals surface area contributed by atoms with Crippen molar-refractivity contribution in [2.75, 3.05) is 0 Å². The van der Waals surface area contributed by atoms with E-state index in [1.807, 2.05) is 0 Å². The Hall–Kier alpha value is -1.89. The summed E-state index contributed by atoms with van der Waals surface area (Å²) < 4.78 is 61.8. The van der Waals surface area contributed by atoms with Crippen molar-refractivity contribution in [1.82, 2.24) is 4.98 Å². The fourth-order valence-electron chi connectivity index (χ4n) is 1.42. The third-order valence-electron chi connectivity index (χ3n) is 2.36. The SMILES string of the molecule is O=S(=O)(c1ccncc1)c1c[c]cc(C(F)(F)F)c1. The number of hydrogen-bond donors (Lipinski definition) is 0. The summed E-state index contributed by atoms with van der Waals surface area (Å²) in [6.07, 6.45) is -2.10. The molecular weight excluding hydrogens is 279 g/mol. The molecule has 0 bridgehead atoms. The van der Waals surface area contributed by atoms with Gasteiger partial charge in [0.2, 0.25) is 9.84 Å². The summed E-state index contributed by atoms with van der Waals surface area (Å²) in [6.45, 7) is 0. The van der Waals surface area contributed by atoms with Crippen LogP contribution >= 0.6 is 0 Å². The van der Waals surface area contributed by atoms with Crippen LogP contribution in [0.3, 0.4) is 0 Å². The Morgan fingerprint density at radius 1 is 1.05 bits per heavy atom. The molecule has 99 valence electrons. The number of sulfone groups is 1. The Morgan fingerprint density at radius 3 is 2.26 bits per heavy atom. The van der Waals surface area contributed by atoms with Crippen LogP contribution in [-0.4, -0.2) is 13.4 Å². The van der Waals surface area contributed by atoms with Crippen LogP contribution in [0.1, 0.15) is 5.56 Å². The third-order valence-corrected chi connectivity index (χ3v) is 4.11. The lowest BCUT2D eigenvalue weighted by atomic mass is 10.2. The molecule has 1 aromatic heterocycles. The quantitative estimate of drug-likeness (QED) is 0.852. The van der Waals surface area contributed by atoms with E-state index in [4.69, 9.17) is 0 Å². The summed E-state index contributed by atoms with van der Waals surface area (Å²) >= 11 is 0. The zero-order valence-corrected chi connectivity index (χ0v) is 10.2. The van der Waals surface area contributed by atoms with Gasteiger partial charge in [-0.05, 0) is 36.4 Å². The van der Waals surface area contributed by atoms with Crippen molar-refractivity contribution in [2.24, 2.45) is 0 Å².